The number of hydrogen-bond donors (Lipinski definition) is 0. The molecule has 134 valence electrons. The summed E-state index contributed by atoms with van der Waals surface area (Å²) in [6.45, 7) is 3.93. The number of ether oxygens (including phenoxy) is 4. The van der Waals surface area contributed by atoms with Crippen LogP contribution in [0.5, 0.6) is 11.5 Å². The fourth-order valence-electron chi connectivity index (χ4n) is 2.36. The first-order valence-electron chi connectivity index (χ1n) is 8.26. The SMILES string of the molecule is CCOCCOc1ccc(Cc2cc(C=O)ccc2OCOC)cc1. The number of methoxy groups -OCH3 is 1. The molecule has 0 atom stereocenters. The maximum absolute atomic E-state index is 11.0. The van der Waals surface area contributed by atoms with Crippen LogP contribution in [-0.4, -0.2) is 40.0 Å². The van der Waals surface area contributed by atoms with Gasteiger partial charge in [0.15, 0.2) is 6.79 Å². The fraction of sp³-hybridized carbons (Fsp3) is 0.350. The standard InChI is InChI=1S/C20H24O5/c1-3-23-10-11-24-19-7-4-16(5-8-19)12-18-13-17(14-21)6-9-20(18)25-15-22-2/h4-9,13-14H,3,10-12,15H2,1-2H3. The lowest BCUT2D eigenvalue weighted by Crippen LogP contribution is -2.06. The fourth-order valence-corrected chi connectivity index (χ4v) is 2.36. The molecule has 5 heteroatoms. The molecule has 0 unspecified atom stereocenters. The topological polar surface area (TPSA) is 54.0 Å². The number of hydrogen-bond acceptors (Lipinski definition) is 5. The monoisotopic (exact) mass is 344 g/mol. The van der Waals surface area contributed by atoms with Gasteiger partial charge in [0.05, 0.1) is 6.61 Å². The number of carbonyl (C=O) groups is 1. The van der Waals surface area contributed by atoms with E-state index in [1.165, 1.54) is 0 Å². The zero-order chi connectivity index (χ0) is 17.9. The molecule has 0 fully saturated rings. The number of carbonyl (C=O) groups excluding carboxylic acids is 1. The Balaban J connectivity index is 2.03. The van der Waals surface area contributed by atoms with Crippen molar-refractivity contribution < 1.29 is 23.7 Å². The van der Waals surface area contributed by atoms with E-state index in [2.05, 4.69) is 0 Å². The molecule has 0 N–H and O–H groups in total. The molecule has 0 aliphatic heterocycles. The van der Waals surface area contributed by atoms with Crippen LogP contribution in [0.25, 0.3) is 0 Å². The molecule has 0 spiro atoms. The molecule has 0 aliphatic rings. The highest BCUT2D eigenvalue weighted by Gasteiger charge is 2.07. The lowest BCUT2D eigenvalue weighted by molar-refractivity contribution is 0.0505. The average Bonchev–Trinajstić information content (AvgIpc) is 2.65. The van der Waals surface area contributed by atoms with Crippen molar-refractivity contribution in [2.24, 2.45) is 0 Å². The molecule has 0 radical (unpaired) electrons. The second-order valence-electron chi connectivity index (χ2n) is 5.40. The van der Waals surface area contributed by atoms with E-state index in [4.69, 9.17) is 18.9 Å². The molecule has 0 bridgehead atoms. The normalized spacial score (nSPS) is 10.5. The lowest BCUT2D eigenvalue weighted by Gasteiger charge is -2.12. The van der Waals surface area contributed by atoms with Gasteiger partial charge in [-0.2, -0.15) is 0 Å². The predicted molar refractivity (Wildman–Crippen MR) is 95.6 cm³/mol. The second-order valence-corrected chi connectivity index (χ2v) is 5.40. The quantitative estimate of drug-likeness (QED) is 0.355. The van der Waals surface area contributed by atoms with E-state index >= 15 is 0 Å². The van der Waals surface area contributed by atoms with Gasteiger partial charge in [-0.3, -0.25) is 4.79 Å². The van der Waals surface area contributed by atoms with Gasteiger partial charge in [-0.1, -0.05) is 12.1 Å². The Morgan fingerprint density at radius 3 is 2.48 bits per heavy atom. The van der Waals surface area contributed by atoms with E-state index in [1.54, 1.807) is 19.2 Å². The number of rotatable bonds is 11. The van der Waals surface area contributed by atoms with Crippen LogP contribution in [0, 0.1) is 0 Å². The van der Waals surface area contributed by atoms with Crippen molar-refractivity contribution in [3.05, 3.63) is 59.2 Å². The smallest absolute Gasteiger partial charge is 0.188 e. The molecule has 0 aromatic heterocycles. The van der Waals surface area contributed by atoms with E-state index in [1.807, 2.05) is 37.3 Å². The molecule has 2 aromatic rings. The average molecular weight is 344 g/mol. The number of aldehydes is 1. The van der Waals surface area contributed by atoms with Gasteiger partial charge in [-0.25, -0.2) is 0 Å². The highest BCUT2D eigenvalue weighted by atomic mass is 16.7. The van der Waals surface area contributed by atoms with Crippen LogP contribution in [0.3, 0.4) is 0 Å². The summed E-state index contributed by atoms with van der Waals surface area (Å²) < 4.78 is 21.4. The van der Waals surface area contributed by atoms with Gasteiger partial charge < -0.3 is 18.9 Å². The Morgan fingerprint density at radius 2 is 1.80 bits per heavy atom. The minimum absolute atomic E-state index is 0.167. The molecule has 25 heavy (non-hydrogen) atoms. The van der Waals surface area contributed by atoms with Crippen molar-refractivity contribution in [1.29, 1.82) is 0 Å². The molecular formula is C20H24O5. The van der Waals surface area contributed by atoms with Crippen LogP contribution in [0.2, 0.25) is 0 Å². The van der Waals surface area contributed by atoms with Crippen LogP contribution < -0.4 is 9.47 Å². The summed E-state index contributed by atoms with van der Waals surface area (Å²) >= 11 is 0. The van der Waals surface area contributed by atoms with Crippen LogP contribution >= 0.6 is 0 Å². The Kier molecular flexibility index (Phi) is 7.95. The van der Waals surface area contributed by atoms with Gasteiger partial charge in [0.1, 0.15) is 24.4 Å². The van der Waals surface area contributed by atoms with E-state index in [-0.39, 0.29) is 6.79 Å². The van der Waals surface area contributed by atoms with E-state index in [9.17, 15) is 4.79 Å². The summed E-state index contributed by atoms with van der Waals surface area (Å²) in [5, 5.41) is 0. The van der Waals surface area contributed by atoms with Gasteiger partial charge in [-0.15, -0.1) is 0 Å². The van der Waals surface area contributed by atoms with Crippen molar-refractivity contribution in [2.75, 3.05) is 33.7 Å². The van der Waals surface area contributed by atoms with Crippen molar-refractivity contribution in [2.45, 2.75) is 13.3 Å². The molecule has 5 nitrogen and oxygen atoms in total. The highest BCUT2D eigenvalue weighted by Crippen LogP contribution is 2.24. The van der Waals surface area contributed by atoms with Crippen LogP contribution in [-0.2, 0) is 15.9 Å². The minimum atomic E-state index is 0.167. The molecule has 2 aromatic carbocycles. The highest BCUT2D eigenvalue weighted by molar-refractivity contribution is 5.75. The molecular weight excluding hydrogens is 320 g/mol. The summed E-state index contributed by atoms with van der Waals surface area (Å²) in [6, 6.07) is 13.2. The Morgan fingerprint density at radius 1 is 1.00 bits per heavy atom. The summed E-state index contributed by atoms with van der Waals surface area (Å²) in [7, 11) is 1.57. The summed E-state index contributed by atoms with van der Waals surface area (Å²) in [6.07, 6.45) is 1.48. The molecule has 0 aliphatic carbocycles. The first kappa shape index (κ1) is 19.0. The zero-order valence-electron chi connectivity index (χ0n) is 14.7. The van der Waals surface area contributed by atoms with Crippen molar-refractivity contribution in [1.82, 2.24) is 0 Å². The van der Waals surface area contributed by atoms with E-state index in [0.717, 1.165) is 23.2 Å². The van der Waals surface area contributed by atoms with Crippen molar-refractivity contribution >= 4 is 6.29 Å². The predicted octanol–water partition coefficient (Wildman–Crippen LogP) is 3.49. The maximum atomic E-state index is 11.0. The lowest BCUT2D eigenvalue weighted by atomic mass is 10.0. The third-order valence-corrected chi connectivity index (χ3v) is 3.57. The number of benzene rings is 2. The first-order chi connectivity index (χ1) is 12.3. The Bertz CT molecular complexity index is 652. The van der Waals surface area contributed by atoms with Gasteiger partial charge in [-0.05, 0) is 48.4 Å². The minimum Gasteiger partial charge on any atom is -0.491 e. The van der Waals surface area contributed by atoms with E-state index in [0.29, 0.717) is 37.6 Å². The Hall–Kier alpha value is -2.37. The molecule has 0 saturated heterocycles. The third-order valence-electron chi connectivity index (χ3n) is 3.57. The summed E-state index contributed by atoms with van der Waals surface area (Å²) in [5.74, 6) is 1.52. The van der Waals surface area contributed by atoms with E-state index < -0.39 is 0 Å². The molecule has 2 rings (SSSR count). The first-order valence-corrected chi connectivity index (χ1v) is 8.26. The molecule has 0 heterocycles. The largest absolute Gasteiger partial charge is 0.491 e. The molecule has 0 saturated carbocycles. The zero-order valence-corrected chi connectivity index (χ0v) is 14.7. The van der Waals surface area contributed by atoms with Crippen LogP contribution in [0.15, 0.2) is 42.5 Å². The summed E-state index contributed by atoms with van der Waals surface area (Å²) in [5.41, 5.74) is 2.66. The Labute approximate surface area is 148 Å². The second kappa shape index (κ2) is 10.5. The van der Waals surface area contributed by atoms with Gasteiger partial charge in [0, 0.05) is 25.7 Å². The van der Waals surface area contributed by atoms with Gasteiger partial charge >= 0.3 is 0 Å². The maximum Gasteiger partial charge on any atom is 0.188 e. The van der Waals surface area contributed by atoms with Crippen LogP contribution in [0.1, 0.15) is 28.4 Å². The summed E-state index contributed by atoms with van der Waals surface area (Å²) in [4.78, 5) is 11.0. The van der Waals surface area contributed by atoms with Crippen molar-refractivity contribution in [3.63, 3.8) is 0 Å². The van der Waals surface area contributed by atoms with Gasteiger partial charge in [0.25, 0.3) is 0 Å². The van der Waals surface area contributed by atoms with Gasteiger partial charge in [0.2, 0.25) is 0 Å². The third kappa shape index (κ3) is 6.21. The van der Waals surface area contributed by atoms with Crippen molar-refractivity contribution in [3.8, 4) is 11.5 Å². The van der Waals surface area contributed by atoms with Crippen LogP contribution in [0.4, 0.5) is 0 Å². The molecule has 0 amide bonds.